The molecule has 0 radical (unpaired) electrons. The lowest BCUT2D eigenvalue weighted by atomic mass is 10.2. The smallest absolute Gasteiger partial charge is 0.124 e. The Morgan fingerprint density at radius 1 is 1.06 bits per heavy atom. The van der Waals surface area contributed by atoms with E-state index in [1.165, 1.54) is 12.1 Å². The van der Waals surface area contributed by atoms with E-state index < -0.39 is 10.1 Å². The van der Waals surface area contributed by atoms with E-state index in [0.29, 0.717) is 5.56 Å². The summed E-state index contributed by atoms with van der Waals surface area (Å²) in [6.07, 6.45) is 0. The van der Waals surface area contributed by atoms with E-state index in [1.807, 2.05) is 0 Å². The monoisotopic (exact) mass is 262 g/mol. The molecule has 0 N–H and O–H groups in total. The second-order valence-corrected chi connectivity index (χ2v) is 11.6. The average molecular weight is 262 g/mol. The van der Waals surface area contributed by atoms with Crippen LogP contribution in [0.15, 0.2) is 29.2 Å². The third kappa shape index (κ3) is 7.80. The maximum Gasteiger partial charge on any atom is 0.124 e. The number of hydrogen-bond donors (Lipinski definition) is 0. The molecule has 0 bridgehead atoms. The molecule has 0 amide bonds. The maximum atomic E-state index is 10.5. The molecule has 5 heteroatoms. The van der Waals surface area contributed by atoms with E-state index >= 15 is 0 Å². The van der Waals surface area contributed by atoms with Crippen LogP contribution in [-0.2, 0) is 10.1 Å². The van der Waals surface area contributed by atoms with Gasteiger partial charge < -0.3 is 4.55 Å². The van der Waals surface area contributed by atoms with Crippen molar-refractivity contribution < 1.29 is 13.0 Å². The summed E-state index contributed by atoms with van der Waals surface area (Å²) in [6.45, 7) is 10.8. The molecule has 1 aromatic rings. The van der Waals surface area contributed by atoms with Gasteiger partial charge in [0, 0.05) is 33.9 Å². The molecule has 0 saturated carbocycles. The van der Waals surface area contributed by atoms with Gasteiger partial charge in [-0.3, -0.25) is 0 Å². The van der Waals surface area contributed by atoms with Crippen LogP contribution in [0.5, 0.6) is 0 Å². The Balaban J connectivity index is 0.000000385. The Labute approximate surface area is 99.0 Å². The van der Waals surface area contributed by atoms with Gasteiger partial charge in [0.2, 0.25) is 0 Å². The van der Waals surface area contributed by atoms with Gasteiger partial charge in [-0.2, -0.15) is 0 Å². The first-order valence-corrected chi connectivity index (χ1v) is 9.81. The number of rotatable bonds is 1. The molecular formula is C11H19O3PS. The van der Waals surface area contributed by atoms with Gasteiger partial charge in [0.1, 0.15) is 10.1 Å². The van der Waals surface area contributed by atoms with E-state index in [-0.39, 0.29) is 12.2 Å². The van der Waals surface area contributed by atoms with Crippen LogP contribution in [0.4, 0.5) is 0 Å². The lowest BCUT2D eigenvalue weighted by Gasteiger charge is -2.08. The van der Waals surface area contributed by atoms with Crippen LogP contribution in [0.25, 0.3) is 0 Å². The highest BCUT2D eigenvalue weighted by molar-refractivity contribution is 7.85. The summed E-state index contributed by atoms with van der Waals surface area (Å²) < 4.78 is 31.5. The highest BCUT2D eigenvalue weighted by Crippen LogP contribution is 2.40. The highest BCUT2D eigenvalue weighted by atomic mass is 32.2. The van der Waals surface area contributed by atoms with Crippen LogP contribution in [0.2, 0.25) is 0 Å². The van der Waals surface area contributed by atoms with Crippen LogP contribution >= 0.6 is 7.26 Å². The van der Waals surface area contributed by atoms with Gasteiger partial charge in [0.15, 0.2) is 0 Å². The summed E-state index contributed by atoms with van der Waals surface area (Å²) in [7, 11) is -4.67. The van der Waals surface area contributed by atoms with Gasteiger partial charge in [0.05, 0.1) is 4.90 Å². The Morgan fingerprint density at radius 3 is 1.69 bits per heavy atom. The van der Waals surface area contributed by atoms with Crippen molar-refractivity contribution >= 4 is 17.4 Å². The molecular weight excluding hydrogens is 243 g/mol. The van der Waals surface area contributed by atoms with Gasteiger partial charge in [-0.15, -0.1) is 0 Å². The van der Waals surface area contributed by atoms with E-state index in [4.69, 9.17) is 0 Å². The molecule has 92 valence electrons. The maximum absolute atomic E-state index is 10.5. The summed E-state index contributed by atoms with van der Waals surface area (Å²) in [5.74, 6) is 0. The van der Waals surface area contributed by atoms with Gasteiger partial charge in [0.25, 0.3) is 0 Å². The summed E-state index contributed by atoms with van der Waals surface area (Å²) in [4.78, 5) is -0.139. The van der Waals surface area contributed by atoms with Gasteiger partial charge in [-0.1, -0.05) is 18.2 Å². The van der Waals surface area contributed by atoms with Crippen molar-refractivity contribution in [3.05, 3.63) is 29.8 Å². The lowest BCUT2D eigenvalue weighted by molar-refractivity contribution is 0.462. The number of benzene rings is 1. The molecule has 0 atom stereocenters. The SMILES string of the molecule is C[P+](C)(C)C.Cc1ccccc1S(=O)(=O)[O-]. The highest BCUT2D eigenvalue weighted by Gasteiger charge is 2.03. The van der Waals surface area contributed by atoms with Crippen LogP contribution in [0.1, 0.15) is 5.56 Å². The minimum atomic E-state index is -4.28. The molecule has 0 aliphatic heterocycles. The Bertz CT molecular complexity index is 427. The first-order valence-electron chi connectivity index (χ1n) is 4.82. The van der Waals surface area contributed by atoms with Gasteiger partial charge >= 0.3 is 0 Å². The molecule has 0 aliphatic rings. The van der Waals surface area contributed by atoms with Crippen LogP contribution < -0.4 is 0 Å². The lowest BCUT2D eigenvalue weighted by Crippen LogP contribution is -2.00. The van der Waals surface area contributed by atoms with Crippen molar-refractivity contribution in [3.63, 3.8) is 0 Å². The topological polar surface area (TPSA) is 57.2 Å². The fourth-order valence-corrected chi connectivity index (χ4v) is 1.54. The third-order valence-corrected chi connectivity index (χ3v) is 2.36. The molecule has 1 aromatic carbocycles. The van der Waals surface area contributed by atoms with Crippen molar-refractivity contribution in [1.29, 1.82) is 0 Å². The van der Waals surface area contributed by atoms with Crippen molar-refractivity contribution in [2.24, 2.45) is 0 Å². The zero-order chi connectivity index (χ0) is 13.0. The van der Waals surface area contributed by atoms with Crippen molar-refractivity contribution in [2.45, 2.75) is 11.8 Å². The standard InChI is InChI=1S/C7H8O3S.C4H12P/c1-6-4-2-3-5-7(6)11(8,9)10;1-5(2,3)4/h2-5H,1H3,(H,8,9,10);1-4H3/q;+1/p-1. The largest absolute Gasteiger partial charge is 0.744 e. The molecule has 1 rings (SSSR count). The van der Waals surface area contributed by atoms with Crippen molar-refractivity contribution in [3.8, 4) is 0 Å². The predicted molar refractivity (Wildman–Crippen MR) is 69.8 cm³/mol. The Hall–Kier alpha value is -0.440. The normalized spacial score (nSPS) is 11.6. The van der Waals surface area contributed by atoms with E-state index in [2.05, 4.69) is 26.7 Å². The summed E-state index contributed by atoms with van der Waals surface area (Å²) in [6, 6.07) is 6.10. The fourth-order valence-electron chi connectivity index (χ4n) is 0.837. The molecule has 16 heavy (non-hydrogen) atoms. The molecule has 0 saturated heterocycles. The molecule has 0 unspecified atom stereocenters. The zero-order valence-electron chi connectivity index (χ0n) is 10.4. The summed E-state index contributed by atoms with van der Waals surface area (Å²) >= 11 is 0. The quantitative estimate of drug-likeness (QED) is 0.577. The second kappa shape index (κ2) is 5.76. The predicted octanol–water partition coefficient (Wildman–Crippen LogP) is 2.42. The van der Waals surface area contributed by atoms with Crippen LogP contribution in [0.3, 0.4) is 0 Å². The summed E-state index contributed by atoms with van der Waals surface area (Å²) in [5, 5.41) is 0. The molecule has 0 heterocycles. The first kappa shape index (κ1) is 15.6. The second-order valence-electron chi connectivity index (χ2n) is 4.90. The van der Waals surface area contributed by atoms with Crippen molar-refractivity contribution in [2.75, 3.05) is 26.7 Å². The van der Waals surface area contributed by atoms with Crippen LogP contribution in [0, 0.1) is 6.92 Å². The molecule has 0 aliphatic carbocycles. The van der Waals surface area contributed by atoms with E-state index in [9.17, 15) is 13.0 Å². The zero-order valence-corrected chi connectivity index (χ0v) is 12.1. The van der Waals surface area contributed by atoms with E-state index in [0.717, 1.165) is 0 Å². The van der Waals surface area contributed by atoms with Gasteiger partial charge in [-0.05, 0) is 18.6 Å². The first-order chi connectivity index (χ1) is 7.02. The number of hydrogen-bond acceptors (Lipinski definition) is 3. The Kier molecular flexibility index (Phi) is 5.60. The van der Waals surface area contributed by atoms with Gasteiger partial charge in [-0.25, -0.2) is 8.42 Å². The van der Waals surface area contributed by atoms with E-state index in [1.54, 1.807) is 19.1 Å². The van der Waals surface area contributed by atoms with Crippen molar-refractivity contribution in [1.82, 2.24) is 0 Å². The van der Waals surface area contributed by atoms with Crippen LogP contribution in [-0.4, -0.2) is 39.6 Å². The molecule has 0 aromatic heterocycles. The Morgan fingerprint density at radius 2 is 1.44 bits per heavy atom. The fraction of sp³-hybridized carbons (Fsp3) is 0.455. The third-order valence-electron chi connectivity index (χ3n) is 1.36. The minimum absolute atomic E-state index is 0.139. The molecule has 0 fully saturated rings. The average Bonchev–Trinajstić information content (AvgIpc) is 1.99. The summed E-state index contributed by atoms with van der Waals surface area (Å²) in [5.41, 5.74) is 0.488. The molecule has 0 spiro atoms. The molecule has 3 nitrogen and oxygen atoms in total. The number of aryl methyl sites for hydroxylation is 1. The minimum Gasteiger partial charge on any atom is -0.744 e.